The Labute approximate surface area is 132 Å². The number of benzene rings is 1. The molecule has 0 aliphatic heterocycles. The second kappa shape index (κ2) is 11.9. The van der Waals surface area contributed by atoms with Crippen molar-refractivity contribution in [3.63, 3.8) is 0 Å². The number of Topliss-reactive ketones (excluding diaryl/α,β-unsaturated/α-hetero) is 1. The average Bonchev–Trinajstić information content (AvgIpc) is 2.58. The second-order valence-electron chi connectivity index (χ2n) is 3.18. The third-order valence-electron chi connectivity index (χ3n) is 2.51. The van der Waals surface area contributed by atoms with Crippen molar-refractivity contribution < 1.29 is 46.0 Å². The molecule has 0 radical (unpaired) electrons. The minimum Gasteiger partial charge on any atom is 0 e. The number of carbonyl (C=O) groups is 1. The number of fused-ring (bicyclic) bond motifs is 1. The largest absolute Gasteiger partial charge is 0 e. The summed E-state index contributed by atoms with van der Waals surface area (Å²) in [5.41, 5.74) is -0.531. The van der Waals surface area contributed by atoms with Gasteiger partial charge in [-0.2, -0.15) is 0 Å². The van der Waals surface area contributed by atoms with Crippen LogP contribution in [0, 0.1) is 20.0 Å². The zero-order valence-corrected chi connectivity index (χ0v) is 12.2. The molecule has 1 aliphatic rings. The van der Waals surface area contributed by atoms with E-state index in [0.717, 1.165) is 0 Å². The molecule has 0 aromatic heterocycles. The first-order chi connectivity index (χ1) is 9.65. The second-order valence-corrected chi connectivity index (χ2v) is 3.18. The molecule has 0 fully saturated rings. The van der Waals surface area contributed by atoms with Gasteiger partial charge in [-0.1, -0.05) is 18.7 Å². The number of hydrogen-bond acceptors (Lipinski definition) is 3. The molecular weight excluding hydrogens is 316 g/mol. The van der Waals surface area contributed by atoms with Crippen LogP contribution in [-0.2, 0) is 36.9 Å². The van der Waals surface area contributed by atoms with Crippen LogP contribution in [0.3, 0.4) is 0 Å². The fourth-order valence-electron chi connectivity index (χ4n) is 1.73. The molecule has 0 spiro atoms. The molecule has 0 saturated heterocycles. The smallest absolute Gasteiger partial charge is 0 e. The van der Waals surface area contributed by atoms with Crippen LogP contribution in [0.4, 0.5) is 0 Å². The van der Waals surface area contributed by atoms with Crippen LogP contribution < -0.4 is 4.74 Å². The fourth-order valence-corrected chi connectivity index (χ4v) is 1.73. The van der Waals surface area contributed by atoms with Gasteiger partial charge in [0.05, 0.1) is 7.11 Å². The minimum absolute atomic E-state index is 0. The summed E-state index contributed by atoms with van der Waals surface area (Å²) in [5.74, 6) is 0.200. The van der Waals surface area contributed by atoms with Gasteiger partial charge in [-0.05, 0) is 12.1 Å². The van der Waals surface area contributed by atoms with Gasteiger partial charge in [0.1, 0.15) is 5.75 Å². The van der Waals surface area contributed by atoms with E-state index in [1.807, 2.05) is 0 Å². The Kier molecular flexibility index (Phi) is 13.7. The van der Waals surface area contributed by atoms with E-state index in [2.05, 4.69) is 26.5 Å². The van der Waals surface area contributed by atoms with Crippen LogP contribution in [0.5, 0.6) is 5.75 Å². The molecule has 0 amide bonds. The van der Waals surface area contributed by atoms with Gasteiger partial charge >= 0.3 is 33.9 Å². The molecule has 1 aromatic rings. The zero-order chi connectivity index (χ0) is 16.3. The van der Waals surface area contributed by atoms with E-state index in [4.69, 9.17) is 18.7 Å². The van der Waals surface area contributed by atoms with Crippen LogP contribution in [0.15, 0.2) is 30.9 Å². The summed E-state index contributed by atoms with van der Waals surface area (Å²) in [5, 5.41) is 9.90. The molecule has 0 heterocycles. The van der Waals surface area contributed by atoms with E-state index in [-0.39, 0.29) is 23.1 Å². The van der Waals surface area contributed by atoms with Crippen LogP contribution in [-0.4, -0.2) is 18.0 Å². The van der Waals surface area contributed by atoms with E-state index < -0.39 is 5.60 Å². The zero-order valence-electron chi connectivity index (χ0n) is 10.9. The molecule has 21 heavy (non-hydrogen) atoms. The normalized spacial score (nSPS) is 16.1. The van der Waals surface area contributed by atoms with Crippen LogP contribution in [0.1, 0.15) is 15.9 Å². The molecule has 1 atom stereocenters. The van der Waals surface area contributed by atoms with Crippen LogP contribution >= 0.6 is 0 Å². The summed E-state index contributed by atoms with van der Waals surface area (Å²) in [6.07, 6.45) is 1.24. The summed E-state index contributed by atoms with van der Waals surface area (Å²) in [6, 6.07) is 5.09. The monoisotopic (exact) mass is 326 g/mol. The van der Waals surface area contributed by atoms with Gasteiger partial charge in [-0.3, -0.25) is 4.79 Å². The quantitative estimate of drug-likeness (QED) is 0.500. The van der Waals surface area contributed by atoms with E-state index in [1.54, 1.807) is 18.2 Å². The number of carbonyl (C=O) groups excluding carboxylic acids is 1. The Bertz CT molecular complexity index is 532. The summed E-state index contributed by atoms with van der Waals surface area (Å²) in [7, 11) is 1.50. The molecule has 0 bridgehead atoms. The first-order valence-electron chi connectivity index (χ1n) is 4.84. The van der Waals surface area contributed by atoms with Gasteiger partial charge in [-0.15, -0.1) is 0 Å². The van der Waals surface area contributed by atoms with Gasteiger partial charge in [0.15, 0.2) is 5.60 Å². The summed E-state index contributed by atoms with van der Waals surface area (Å²) in [6.45, 7) is 17.0. The maximum absolute atomic E-state index is 11.5. The predicted octanol–water partition coefficient (Wildman–Crippen LogP) is 1.15. The molecule has 7 heteroatoms. The van der Waals surface area contributed by atoms with Gasteiger partial charge in [0.25, 0.3) is 0 Å². The van der Waals surface area contributed by atoms with Crippen molar-refractivity contribution >= 4 is 5.78 Å². The van der Waals surface area contributed by atoms with Crippen LogP contribution in [0.25, 0.3) is 0 Å². The molecule has 1 aromatic carbocycles. The third-order valence-corrected chi connectivity index (χ3v) is 2.51. The molecule has 1 unspecified atom stereocenters. The van der Waals surface area contributed by atoms with Crippen molar-refractivity contribution in [2.24, 2.45) is 0 Å². The van der Waals surface area contributed by atoms with E-state index >= 15 is 0 Å². The van der Waals surface area contributed by atoms with Gasteiger partial charge in [0, 0.05) is 28.5 Å². The number of ether oxygens (including phenoxy) is 1. The number of aliphatic hydroxyl groups is 1. The average molecular weight is 326 g/mol. The molecule has 2 rings (SSSR count). The van der Waals surface area contributed by atoms with Crippen molar-refractivity contribution in [3.05, 3.63) is 61.9 Å². The maximum Gasteiger partial charge on any atom is 0 e. The Balaban J connectivity index is -0.000000414. The summed E-state index contributed by atoms with van der Waals surface area (Å²) in [4.78, 5) is 11.5. The summed E-state index contributed by atoms with van der Waals surface area (Å²) >= 11 is 0. The van der Waals surface area contributed by atoms with E-state index in [9.17, 15) is 9.90 Å². The first kappa shape index (κ1) is 24.2. The Morgan fingerprint density at radius 1 is 1.24 bits per heavy atom. The van der Waals surface area contributed by atoms with Gasteiger partial charge in [0.2, 0.25) is 5.78 Å². The maximum atomic E-state index is 11.5. The van der Waals surface area contributed by atoms with E-state index in [0.29, 0.717) is 16.9 Å². The molecule has 108 valence electrons. The third kappa shape index (κ3) is 4.30. The molecule has 0 saturated carbocycles. The Morgan fingerprint density at radius 3 is 2.10 bits per heavy atom. The molecule has 6 nitrogen and oxygen atoms in total. The number of rotatable bonds is 2. The number of hydrogen-bond donors (Lipinski definition) is 1. The Hall–Kier alpha value is -1.86. The van der Waals surface area contributed by atoms with Gasteiger partial charge < -0.3 is 9.84 Å². The van der Waals surface area contributed by atoms with Crippen LogP contribution in [0.2, 0.25) is 0 Å². The minimum atomic E-state index is -1.55. The number of methoxy groups -OCH3 is 1. The van der Waals surface area contributed by atoms with E-state index in [1.165, 1.54) is 13.2 Å². The standard InChI is InChI=1S/C11H10O3.3CO.Cr/c1-3-11(13)9-7(10(11)12)5-4-6-8(9)14-2;3*1-2;/h3-6,13H,1H2,2H3;;;;. The Morgan fingerprint density at radius 2 is 1.71 bits per heavy atom. The summed E-state index contributed by atoms with van der Waals surface area (Å²) < 4.78 is 27.6. The van der Waals surface area contributed by atoms with Crippen molar-refractivity contribution in [1.29, 1.82) is 0 Å². The fraction of sp³-hybridized carbons (Fsp3) is 0.143. The SMILES string of the molecule is C=CC1(O)C(=O)c2cccc(OC)c21.[C-]#[O+].[C-]#[O+].[C-]#[O+].[Cr]. The number of ketones is 1. The first-order valence-corrected chi connectivity index (χ1v) is 4.84. The van der Waals surface area contributed by atoms with Gasteiger partial charge in [-0.25, -0.2) is 0 Å². The molecule has 1 aliphatic carbocycles. The van der Waals surface area contributed by atoms with Crippen molar-refractivity contribution in [2.75, 3.05) is 7.11 Å². The van der Waals surface area contributed by atoms with Crippen molar-refractivity contribution in [3.8, 4) is 5.75 Å². The molecule has 1 N–H and O–H groups in total. The predicted molar refractivity (Wildman–Crippen MR) is 63.2 cm³/mol. The molecular formula is C14H10CrO6. The van der Waals surface area contributed by atoms with Crippen molar-refractivity contribution in [1.82, 2.24) is 0 Å². The van der Waals surface area contributed by atoms with Crippen molar-refractivity contribution in [2.45, 2.75) is 5.60 Å². The topological polar surface area (TPSA) is 106 Å².